The molecule has 5 aliphatic carbocycles. The molecule has 0 aliphatic heterocycles. The van der Waals surface area contributed by atoms with E-state index in [0.717, 1.165) is 18.5 Å². The summed E-state index contributed by atoms with van der Waals surface area (Å²) in [5, 5.41) is 32.0. The van der Waals surface area contributed by atoms with Gasteiger partial charge < -0.3 is 25.5 Å². The van der Waals surface area contributed by atoms with Crippen molar-refractivity contribution < 1.29 is 29.7 Å². The first-order chi connectivity index (χ1) is 23.1. The molecule has 0 heterocycles. The van der Waals surface area contributed by atoms with Gasteiger partial charge >= 0.3 is 17.9 Å². The van der Waals surface area contributed by atoms with Crippen LogP contribution in [0.3, 0.4) is 0 Å². The number of fused-ring (bicyclic) bond motifs is 7. The number of carboxylic acids is 3. The Morgan fingerprint density at radius 3 is 2.06 bits per heavy atom. The van der Waals surface area contributed by atoms with Crippen LogP contribution in [-0.4, -0.2) is 69.8 Å². The third-order valence-corrected chi connectivity index (χ3v) is 15.6. The van der Waals surface area contributed by atoms with E-state index in [0.29, 0.717) is 48.9 Å². The van der Waals surface area contributed by atoms with Crippen LogP contribution in [0.4, 0.5) is 0 Å². The number of carboxylic acid groups (broad SMARTS) is 3. The molecule has 1 aromatic carbocycles. The molecular formula is C41H60N2O6. The van der Waals surface area contributed by atoms with Crippen molar-refractivity contribution in [1.82, 2.24) is 10.2 Å². The molecule has 8 heteroatoms. The van der Waals surface area contributed by atoms with Gasteiger partial charge in [0.2, 0.25) is 0 Å². The lowest BCUT2D eigenvalue weighted by Crippen LogP contribution is -2.67. The molecule has 8 atom stereocenters. The number of hydrogen-bond donors (Lipinski definition) is 4. The van der Waals surface area contributed by atoms with Crippen LogP contribution >= 0.6 is 0 Å². The minimum Gasteiger partial charge on any atom is -0.481 e. The molecule has 4 fully saturated rings. The lowest BCUT2D eigenvalue weighted by molar-refractivity contribution is -0.217. The minimum atomic E-state index is -0.882. The number of aliphatic carboxylic acids is 2. The SMILES string of the molecule is CC1(C)C(c2ccc(C(=O)O)cc2)=CCC2(C)C1CCC1(C)C2CCC2C3CCCC3(NCCN(CCC(=O)O)CCC(=O)O)CC[C@]21C. The van der Waals surface area contributed by atoms with Crippen molar-refractivity contribution in [3.63, 3.8) is 0 Å². The van der Waals surface area contributed by atoms with E-state index in [4.69, 9.17) is 0 Å². The topological polar surface area (TPSA) is 127 Å². The predicted molar refractivity (Wildman–Crippen MR) is 191 cm³/mol. The fourth-order valence-electron chi connectivity index (χ4n) is 13.1. The summed E-state index contributed by atoms with van der Waals surface area (Å²) in [5.74, 6) is -0.0210. The fraction of sp³-hybridized carbons (Fsp3) is 0.732. The molecule has 4 N–H and O–H groups in total. The maximum atomic E-state index is 11.5. The molecule has 0 aromatic heterocycles. The van der Waals surface area contributed by atoms with Crippen LogP contribution < -0.4 is 5.32 Å². The van der Waals surface area contributed by atoms with Gasteiger partial charge in [0, 0.05) is 31.7 Å². The Kier molecular flexibility index (Phi) is 9.66. The highest BCUT2D eigenvalue weighted by Gasteiger charge is 2.69. The van der Waals surface area contributed by atoms with Crippen molar-refractivity contribution in [3.8, 4) is 0 Å². The summed E-state index contributed by atoms with van der Waals surface area (Å²) in [4.78, 5) is 36.0. The van der Waals surface area contributed by atoms with E-state index in [-0.39, 0.29) is 40.0 Å². The summed E-state index contributed by atoms with van der Waals surface area (Å²) < 4.78 is 0. The molecule has 7 unspecified atom stereocenters. The Hall–Kier alpha value is -2.71. The second-order valence-corrected chi connectivity index (χ2v) is 17.8. The Labute approximate surface area is 293 Å². The maximum absolute atomic E-state index is 11.5. The standard InChI is InChI=1S/C41H60N2O6/c1-37(2)29(27-8-10-28(11-9-27)36(48)49)14-19-38(3)32(37)15-20-40(5)33(38)13-12-30-31-7-6-18-41(31,22-21-39(30,40)4)42-23-26-43(24-16-34(44)45)25-17-35(46)47/h8-11,14,30-33,42H,6-7,12-13,15-26H2,1-5H3,(H,44,45)(H,46,47)(H,48,49)/t30?,31?,32?,33?,38?,39-,40?,41?/m1/s1. The first-order valence-electron chi connectivity index (χ1n) is 19.0. The van der Waals surface area contributed by atoms with E-state index in [1.54, 1.807) is 12.1 Å². The molecule has 0 saturated heterocycles. The van der Waals surface area contributed by atoms with Gasteiger partial charge in [0.15, 0.2) is 0 Å². The van der Waals surface area contributed by atoms with Crippen LogP contribution in [0.1, 0.15) is 128 Å². The normalized spacial score (nSPS) is 37.7. The lowest BCUT2D eigenvalue weighted by atomic mass is 9.33. The van der Waals surface area contributed by atoms with E-state index in [1.165, 1.54) is 63.4 Å². The second kappa shape index (κ2) is 13.1. The van der Waals surface area contributed by atoms with E-state index in [2.05, 4.69) is 46.0 Å². The van der Waals surface area contributed by atoms with Crippen LogP contribution in [-0.2, 0) is 9.59 Å². The quantitative estimate of drug-likeness (QED) is 0.177. The molecule has 6 rings (SSSR count). The monoisotopic (exact) mass is 676 g/mol. The van der Waals surface area contributed by atoms with Crippen LogP contribution in [0.25, 0.3) is 5.57 Å². The molecule has 0 bridgehead atoms. The van der Waals surface area contributed by atoms with Gasteiger partial charge in [-0.15, -0.1) is 0 Å². The molecule has 0 amide bonds. The molecular weight excluding hydrogens is 616 g/mol. The van der Waals surface area contributed by atoms with Crippen LogP contribution in [0.15, 0.2) is 30.3 Å². The van der Waals surface area contributed by atoms with Gasteiger partial charge in [-0.3, -0.25) is 9.59 Å². The lowest BCUT2D eigenvalue weighted by Gasteiger charge is -2.72. The molecule has 0 radical (unpaired) electrons. The highest BCUT2D eigenvalue weighted by atomic mass is 16.4. The number of nitrogens with one attached hydrogen (secondary N) is 1. The smallest absolute Gasteiger partial charge is 0.335 e. The number of benzene rings is 1. The van der Waals surface area contributed by atoms with Crippen molar-refractivity contribution in [2.45, 2.75) is 117 Å². The van der Waals surface area contributed by atoms with E-state index in [9.17, 15) is 29.7 Å². The van der Waals surface area contributed by atoms with Gasteiger partial charge in [-0.25, -0.2) is 4.79 Å². The fourth-order valence-corrected chi connectivity index (χ4v) is 13.1. The number of aromatic carboxylic acids is 1. The number of allylic oxidation sites excluding steroid dienone is 2. The first-order valence-corrected chi connectivity index (χ1v) is 19.0. The molecule has 270 valence electrons. The Morgan fingerprint density at radius 1 is 0.755 bits per heavy atom. The largest absolute Gasteiger partial charge is 0.481 e. The van der Waals surface area contributed by atoms with Crippen LogP contribution in [0.5, 0.6) is 0 Å². The number of nitrogens with zero attached hydrogens (tertiary/aromatic N) is 1. The number of hydrogen-bond acceptors (Lipinski definition) is 5. The van der Waals surface area contributed by atoms with Crippen molar-refractivity contribution in [2.24, 2.45) is 45.3 Å². The van der Waals surface area contributed by atoms with Gasteiger partial charge in [0.25, 0.3) is 0 Å². The van der Waals surface area contributed by atoms with Crippen molar-refractivity contribution in [1.29, 1.82) is 0 Å². The van der Waals surface area contributed by atoms with Gasteiger partial charge in [-0.1, -0.05) is 59.2 Å². The predicted octanol–water partition coefficient (Wildman–Crippen LogP) is 7.83. The highest BCUT2D eigenvalue weighted by molar-refractivity contribution is 5.88. The number of carbonyl (C=O) groups is 3. The van der Waals surface area contributed by atoms with Gasteiger partial charge in [-0.05, 0) is 126 Å². The Morgan fingerprint density at radius 2 is 1.43 bits per heavy atom. The van der Waals surface area contributed by atoms with Gasteiger partial charge in [0.1, 0.15) is 0 Å². The zero-order chi connectivity index (χ0) is 35.4. The van der Waals surface area contributed by atoms with Crippen molar-refractivity contribution >= 4 is 23.5 Å². The molecule has 4 saturated carbocycles. The summed E-state index contributed by atoms with van der Waals surface area (Å²) in [7, 11) is 0. The number of rotatable bonds is 12. The highest BCUT2D eigenvalue weighted by Crippen LogP contribution is 2.76. The summed E-state index contributed by atoms with van der Waals surface area (Å²) >= 11 is 0. The second-order valence-electron chi connectivity index (χ2n) is 17.8. The maximum Gasteiger partial charge on any atom is 0.335 e. The van der Waals surface area contributed by atoms with Gasteiger partial charge in [-0.2, -0.15) is 0 Å². The zero-order valence-electron chi connectivity index (χ0n) is 30.5. The molecule has 8 nitrogen and oxygen atoms in total. The molecule has 0 spiro atoms. The third-order valence-electron chi connectivity index (χ3n) is 15.6. The van der Waals surface area contributed by atoms with Crippen LogP contribution in [0, 0.1) is 45.3 Å². The molecule has 1 aromatic rings. The summed E-state index contributed by atoms with van der Waals surface area (Å²) in [5.41, 5.74) is 3.75. The van der Waals surface area contributed by atoms with E-state index < -0.39 is 17.9 Å². The minimum absolute atomic E-state index is 0.00324. The van der Waals surface area contributed by atoms with Crippen LogP contribution in [0.2, 0.25) is 0 Å². The van der Waals surface area contributed by atoms with E-state index in [1.807, 2.05) is 17.0 Å². The average Bonchev–Trinajstić information content (AvgIpc) is 3.46. The Bertz CT molecular complexity index is 1450. The summed E-state index contributed by atoms with van der Waals surface area (Å²) in [6.45, 7) is 15.0. The van der Waals surface area contributed by atoms with Crippen molar-refractivity contribution in [3.05, 3.63) is 41.5 Å². The van der Waals surface area contributed by atoms with E-state index >= 15 is 0 Å². The van der Waals surface area contributed by atoms with Crippen molar-refractivity contribution in [2.75, 3.05) is 26.2 Å². The molecule has 5 aliphatic rings. The third kappa shape index (κ3) is 6.07. The molecule has 49 heavy (non-hydrogen) atoms. The zero-order valence-corrected chi connectivity index (χ0v) is 30.5. The Balaban J connectivity index is 1.19. The summed E-state index contributed by atoms with van der Waals surface area (Å²) in [6.07, 6.45) is 14.8. The first kappa shape index (κ1) is 36.1. The summed E-state index contributed by atoms with van der Waals surface area (Å²) in [6, 6.07) is 7.51. The van der Waals surface area contributed by atoms with Gasteiger partial charge in [0.05, 0.1) is 18.4 Å². The average molecular weight is 677 g/mol.